The Morgan fingerprint density at radius 2 is 1.80 bits per heavy atom. The van der Waals surface area contributed by atoms with Crippen LogP contribution in [0.2, 0.25) is 0 Å². The molecule has 0 aromatic carbocycles. The fourth-order valence-corrected chi connectivity index (χ4v) is 1.77. The summed E-state index contributed by atoms with van der Waals surface area (Å²) in [5.41, 5.74) is 0. The number of likely N-dealkylation sites (N-methyl/N-ethyl adjacent to an activating group) is 1. The van der Waals surface area contributed by atoms with Gasteiger partial charge in [-0.05, 0) is 13.6 Å². The molecule has 0 amide bonds. The van der Waals surface area contributed by atoms with Crippen LogP contribution >= 0.6 is 0 Å². The summed E-state index contributed by atoms with van der Waals surface area (Å²) in [6.45, 7) is 2.04. The molecule has 1 aliphatic rings. The van der Waals surface area contributed by atoms with E-state index in [0.29, 0.717) is 6.54 Å². The van der Waals surface area contributed by atoms with Gasteiger partial charge in [0.05, 0.1) is 12.6 Å². The maximum absolute atomic E-state index is 9.77. The molecule has 1 saturated heterocycles. The molecule has 15 heavy (non-hydrogen) atoms. The van der Waals surface area contributed by atoms with Gasteiger partial charge in [0.1, 0.15) is 18.3 Å². The van der Waals surface area contributed by atoms with Gasteiger partial charge in [-0.15, -0.1) is 0 Å². The van der Waals surface area contributed by atoms with Crippen molar-refractivity contribution >= 4 is 0 Å². The van der Waals surface area contributed by atoms with Crippen LogP contribution in [0.1, 0.15) is 6.92 Å². The van der Waals surface area contributed by atoms with Gasteiger partial charge in [-0.25, -0.2) is 0 Å². The summed E-state index contributed by atoms with van der Waals surface area (Å²) in [5, 5.41) is 37.8. The molecule has 0 aromatic rings. The highest BCUT2D eigenvalue weighted by atomic mass is 16.6. The lowest BCUT2D eigenvalue weighted by atomic mass is 9.96. The van der Waals surface area contributed by atoms with Crippen molar-refractivity contribution in [3.8, 4) is 0 Å². The predicted molar refractivity (Wildman–Crippen MR) is 52.1 cm³/mol. The van der Waals surface area contributed by atoms with Crippen LogP contribution in [0.25, 0.3) is 0 Å². The Labute approximate surface area is 88.7 Å². The first-order chi connectivity index (χ1) is 7.02. The van der Waals surface area contributed by atoms with Crippen LogP contribution in [0.15, 0.2) is 0 Å². The zero-order valence-electron chi connectivity index (χ0n) is 8.95. The number of nitrogens with zero attached hydrogens (tertiary/aromatic N) is 1. The molecule has 4 N–H and O–H groups in total. The molecule has 90 valence electrons. The lowest BCUT2D eigenvalue weighted by molar-refractivity contribution is -0.270. The van der Waals surface area contributed by atoms with Crippen molar-refractivity contribution in [2.45, 2.75) is 37.6 Å². The van der Waals surface area contributed by atoms with Crippen LogP contribution < -0.4 is 0 Å². The molecule has 5 unspecified atom stereocenters. The Hall–Kier alpha value is -0.240. The highest BCUT2D eigenvalue weighted by Gasteiger charge is 2.44. The number of hydrogen-bond donors (Lipinski definition) is 4. The minimum Gasteiger partial charge on any atom is -0.394 e. The summed E-state index contributed by atoms with van der Waals surface area (Å²) >= 11 is 0. The van der Waals surface area contributed by atoms with E-state index >= 15 is 0 Å². The second-order valence-corrected chi connectivity index (χ2v) is 3.79. The van der Waals surface area contributed by atoms with Gasteiger partial charge in [-0.2, -0.15) is 0 Å². The minimum atomic E-state index is -1.20. The van der Waals surface area contributed by atoms with Crippen LogP contribution in [-0.2, 0) is 4.74 Å². The highest BCUT2D eigenvalue weighted by molar-refractivity contribution is 4.92. The quantitative estimate of drug-likeness (QED) is 0.430. The van der Waals surface area contributed by atoms with Gasteiger partial charge in [0.2, 0.25) is 0 Å². The molecule has 1 heterocycles. The van der Waals surface area contributed by atoms with Crippen LogP contribution in [0.5, 0.6) is 0 Å². The Morgan fingerprint density at radius 1 is 1.20 bits per heavy atom. The van der Waals surface area contributed by atoms with Crippen LogP contribution in [0, 0.1) is 0 Å². The molecule has 0 saturated carbocycles. The van der Waals surface area contributed by atoms with Gasteiger partial charge in [-0.3, -0.25) is 4.90 Å². The molecule has 0 aliphatic carbocycles. The summed E-state index contributed by atoms with van der Waals surface area (Å²) in [4.78, 5) is 1.69. The van der Waals surface area contributed by atoms with E-state index in [1.165, 1.54) is 0 Å². The lowest BCUT2D eigenvalue weighted by Gasteiger charge is -2.43. The van der Waals surface area contributed by atoms with E-state index in [2.05, 4.69) is 0 Å². The smallest absolute Gasteiger partial charge is 0.173 e. The van der Waals surface area contributed by atoms with Gasteiger partial charge < -0.3 is 25.2 Å². The normalized spacial score (nSPS) is 42.2. The average Bonchev–Trinajstić information content (AvgIpc) is 2.23. The van der Waals surface area contributed by atoms with Gasteiger partial charge in [-0.1, -0.05) is 6.92 Å². The first kappa shape index (κ1) is 12.8. The minimum absolute atomic E-state index is 0.433. The van der Waals surface area contributed by atoms with E-state index in [0.717, 1.165) is 0 Å². The Balaban J connectivity index is 2.74. The molecule has 0 bridgehead atoms. The summed E-state index contributed by atoms with van der Waals surface area (Å²) in [5.74, 6) is 0. The molecule has 1 fully saturated rings. The first-order valence-electron chi connectivity index (χ1n) is 5.03. The van der Waals surface area contributed by atoms with Gasteiger partial charge in [0.25, 0.3) is 0 Å². The molecule has 1 rings (SSSR count). The van der Waals surface area contributed by atoms with Gasteiger partial charge in [0, 0.05) is 0 Å². The fourth-order valence-electron chi connectivity index (χ4n) is 1.77. The Kier molecular flexibility index (Phi) is 4.45. The fraction of sp³-hybridized carbons (Fsp3) is 1.00. The average molecular weight is 221 g/mol. The lowest BCUT2D eigenvalue weighted by Crippen LogP contribution is -2.63. The molecular formula is C9H19NO5. The Bertz CT molecular complexity index is 203. The maximum atomic E-state index is 9.77. The number of hydrogen-bond acceptors (Lipinski definition) is 6. The second kappa shape index (κ2) is 5.20. The molecular weight excluding hydrogens is 202 g/mol. The largest absolute Gasteiger partial charge is 0.394 e. The van der Waals surface area contributed by atoms with Crippen molar-refractivity contribution in [1.29, 1.82) is 0 Å². The predicted octanol–water partition coefficient (Wildman–Crippen LogP) is -2.26. The van der Waals surface area contributed by atoms with Crippen molar-refractivity contribution in [3.05, 3.63) is 0 Å². The zero-order valence-corrected chi connectivity index (χ0v) is 8.95. The number of aliphatic hydroxyl groups is 4. The maximum Gasteiger partial charge on any atom is 0.173 e. The summed E-state index contributed by atoms with van der Waals surface area (Å²) in [6.07, 6.45) is -4.45. The molecule has 6 nitrogen and oxygen atoms in total. The van der Waals surface area contributed by atoms with Crippen molar-refractivity contribution < 1.29 is 25.2 Å². The number of rotatable bonds is 3. The molecule has 0 radical (unpaired) electrons. The third-order valence-electron chi connectivity index (χ3n) is 2.87. The van der Waals surface area contributed by atoms with Crippen LogP contribution in [-0.4, -0.2) is 76.2 Å². The topological polar surface area (TPSA) is 93.4 Å². The highest BCUT2D eigenvalue weighted by Crippen LogP contribution is 2.22. The molecule has 0 spiro atoms. The zero-order chi connectivity index (χ0) is 11.6. The summed E-state index contributed by atoms with van der Waals surface area (Å²) < 4.78 is 5.01. The van der Waals surface area contributed by atoms with E-state index < -0.39 is 37.3 Å². The third-order valence-corrected chi connectivity index (χ3v) is 2.87. The van der Waals surface area contributed by atoms with Crippen molar-refractivity contribution in [2.24, 2.45) is 0 Å². The van der Waals surface area contributed by atoms with E-state index in [-0.39, 0.29) is 0 Å². The van der Waals surface area contributed by atoms with E-state index in [1.807, 2.05) is 6.92 Å². The van der Waals surface area contributed by atoms with Crippen LogP contribution in [0.3, 0.4) is 0 Å². The number of aliphatic hydroxyl groups excluding tert-OH is 4. The summed E-state index contributed by atoms with van der Waals surface area (Å²) in [7, 11) is 1.71. The number of ether oxygens (including phenoxy) is 1. The molecule has 5 atom stereocenters. The first-order valence-corrected chi connectivity index (χ1v) is 5.03. The third kappa shape index (κ3) is 2.47. The van der Waals surface area contributed by atoms with Gasteiger partial charge >= 0.3 is 0 Å². The van der Waals surface area contributed by atoms with E-state index in [9.17, 15) is 15.3 Å². The monoisotopic (exact) mass is 221 g/mol. The molecule has 0 aromatic heterocycles. The van der Waals surface area contributed by atoms with Crippen LogP contribution in [0.4, 0.5) is 0 Å². The van der Waals surface area contributed by atoms with E-state index in [4.69, 9.17) is 9.84 Å². The summed E-state index contributed by atoms with van der Waals surface area (Å²) in [6, 6.07) is -0.673. The molecule has 6 heteroatoms. The van der Waals surface area contributed by atoms with Gasteiger partial charge in [0.15, 0.2) is 6.29 Å². The SMILES string of the molecule is CCN(C)C1C(O)OC(CO)C(O)C1O. The standard InChI is InChI=1S/C9H19NO5/c1-3-10(2)6-8(13)7(12)5(4-11)15-9(6)14/h5-9,11-14H,3-4H2,1-2H3. The van der Waals surface area contributed by atoms with E-state index in [1.54, 1.807) is 11.9 Å². The van der Waals surface area contributed by atoms with Crippen molar-refractivity contribution in [3.63, 3.8) is 0 Å². The van der Waals surface area contributed by atoms with Crippen molar-refractivity contribution in [2.75, 3.05) is 20.2 Å². The Morgan fingerprint density at radius 3 is 2.27 bits per heavy atom. The van der Waals surface area contributed by atoms with Crippen molar-refractivity contribution in [1.82, 2.24) is 4.90 Å². The molecule has 1 aliphatic heterocycles. The second-order valence-electron chi connectivity index (χ2n) is 3.79.